The molecule has 1 N–H and O–H groups in total. The number of hydrogen-bond acceptors (Lipinski definition) is 5. The van der Waals surface area contributed by atoms with Crippen LogP contribution < -0.4 is 5.32 Å². The number of nitrogens with one attached hydrogen (secondary N) is 1. The van der Waals surface area contributed by atoms with Crippen molar-refractivity contribution in [3.05, 3.63) is 0 Å². The molecule has 0 atom stereocenters. The van der Waals surface area contributed by atoms with Crippen LogP contribution in [-0.2, 0) is 0 Å². The third-order valence-electron chi connectivity index (χ3n) is 6.84. The molecule has 0 radical (unpaired) electrons. The normalized spacial score (nSPS) is 14.0. The molecule has 0 heterocycles. The van der Waals surface area contributed by atoms with Crippen LogP contribution in [0.4, 0.5) is 0 Å². The van der Waals surface area contributed by atoms with Gasteiger partial charge >= 0.3 is 0 Å². The van der Waals surface area contributed by atoms with E-state index in [1.165, 1.54) is 0 Å². The first-order valence-electron chi connectivity index (χ1n) is 13.7. The van der Waals surface area contributed by atoms with Gasteiger partial charge in [-0.25, -0.2) is 0 Å². The predicted molar refractivity (Wildman–Crippen MR) is 149 cm³/mol. The topological polar surface area (TPSA) is 25.0 Å². The van der Waals surface area contributed by atoms with E-state index in [9.17, 15) is 0 Å². The van der Waals surface area contributed by atoms with Crippen molar-refractivity contribution in [2.24, 2.45) is 0 Å². The maximum atomic E-state index is 3.73. The van der Waals surface area contributed by atoms with Crippen LogP contribution in [-0.4, -0.2) is 107 Å². The third kappa shape index (κ3) is 13.5. The molecule has 200 valence electrons. The summed E-state index contributed by atoms with van der Waals surface area (Å²) in [5, 5.41) is 3.73. The van der Waals surface area contributed by atoms with Crippen molar-refractivity contribution < 1.29 is 0 Å². The Bertz CT molecular complexity index is 443. The summed E-state index contributed by atoms with van der Waals surface area (Å²) in [7, 11) is 0. The Labute approximate surface area is 209 Å². The minimum atomic E-state index is 0.216. The van der Waals surface area contributed by atoms with E-state index in [-0.39, 0.29) is 11.1 Å². The quantitative estimate of drug-likeness (QED) is 0.320. The lowest BCUT2D eigenvalue weighted by molar-refractivity contribution is 0.0749. The van der Waals surface area contributed by atoms with E-state index in [0.29, 0.717) is 24.2 Å². The van der Waals surface area contributed by atoms with Crippen molar-refractivity contribution in [3.63, 3.8) is 0 Å². The fourth-order valence-electron chi connectivity index (χ4n) is 5.04. The fourth-order valence-corrected chi connectivity index (χ4v) is 5.04. The lowest BCUT2D eigenvalue weighted by atomic mass is 10.0. The highest BCUT2D eigenvalue weighted by Crippen LogP contribution is 2.18. The predicted octanol–water partition coefficient (Wildman–Crippen LogP) is 5.01. The molecule has 5 heteroatoms. The molecule has 0 saturated carbocycles. The molecule has 0 spiro atoms. The van der Waals surface area contributed by atoms with Crippen LogP contribution in [0.5, 0.6) is 0 Å². The summed E-state index contributed by atoms with van der Waals surface area (Å²) >= 11 is 0. The van der Waals surface area contributed by atoms with E-state index in [1.807, 2.05) is 0 Å². The fraction of sp³-hybridized carbons (Fsp3) is 1.00. The van der Waals surface area contributed by atoms with Gasteiger partial charge in [0.05, 0.1) is 0 Å². The van der Waals surface area contributed by atoms with Crippen LogP contribution in [0.15, 0.2) is 0 Å². The van der Waals surface area contributed by atoms with Gasteiger partial charge in [-0.15, -0.1) is 0 Å². The summed E-state index contributed by atoms with van der Waals surface area (Å²) in [5.74, 6) is 0. The van der Waals surface area contributed by atoms with E-state index in [0.717, 1.165) is 52.4 Å². The minimum absolute atomic E-state index is 0.216. The molecule has 0 rings (SSSR count). The summed E-state index contributed by atoms with van der Waals surface area (Å²) in [6.45, 7) is 41.4. The highest BCUT2D eigenvalue weighted by Gasteiger charge is 2.25. The second-order valence-corrected chi connectivity index (χ2v) is 12.9. The Morgan fingerprint density at radius 1 is 0.455 bits per heavy atom. The van der Waals surface area contributed by atoms with Gasteiger partial charge in [-0.05, 0) is 96.9 Å². The van der Waals surface area contributed by atoms with E-state index < -0.39 is 0 Å². The van der Waals surface area contributed by atoms with E-state index in [1.54, 1.807) is 0 Å². The molecule has 0 aromatic rings. The molecule has 0 amide bonds. The molecule has 0 aromatic heterocycles. The first-order valence-corrected chi connectivity index (χ1v) is 13.7. The average Bonchev–Trinajstić information content (AvgIpc) is 2.61. The van der Waals surface area contributed by atoms with E-state index in [2.05, 4.69) is 122 Å². The smallest absolute Gasteiger partial charge is 0.0128 e. The standard InChI is InChI=1S/C28H63N5/c1-23(2)30(19-21-32(25(5)6)27(9,10)11)17-15-29-16-18-31(24(3)4)20-22-33(26(7)8)28(12,13)14/h23-26,29H,15-22H2,1-14H3. The lowest BCUT2D eigenvalue weighted by Crippen LogP contribution is -2.51. The Morgan fingerprint density at radius 3 is 0.970 bits per heavy atom. The second kappa shape index (κ2) is 15.0. The molecule has 0 aliphatic heterocycles. The average molecular weight is 470 g/mol. The summed E-state index contributed by atoms with van der Waals surface area (Å²) < 4.78 is 0. The molecule has 0 aromatic carbocycles. The first-order chi connectivity index (χ1) is 15.0. The molecular weight excluding hydrogens is 406 g/mol. The van der Waals surface area contributed by atoms with Gasteiger partial charge in [-0.2, -0.15) is 0 Å². The Hall–Kier alpha value is -0.200. The Balaban J connectivity index is 4.56. The van der Waals surface area contributed by atoms with Crippen LogP contribution in [0.2, 0.25) is 0 Å². The molecule has 0 saturated heterocycles. The van der Waals surface area contributed by atoms with Crippen molar-refractivity contribution in [1.82, 2.24) is 24.9 Å². The summed E-state index contributed by atoms with van der Waals surface area (Å²) in [5.41, 5.74) is 0.432. The zero-order chi connectivity index (χ0) is 26.0. The molecule has 0 fully saturated rings. The second-order valence-electron chi connectivity index (χ2n) is 12.9. The molecule has 33 heavy (non-hydrogen) atoms. The van der Waals surface area contributed by atoms with Gasteiger partial charge in [0, 0.05) is 87.6 Å². The number of rotatable bonds is 16. The number of hydrogen-bond donors (Lipinski definition) is 1. The summed E-state index contributed by atoms with van der Waals surface area (Å²) in [6.07, 6.45) is 0. The van der Waals surface area contributed by atoms with Crippen LogP contribution in [0, 0.1) is 0 Å². The minimum Gasteiger partial charge on any atom is -0.314 e. The monoisotopic (exact) mass is 470 g/mol. The van der Waals surface area contributed by atoms with Crippen molar-refractivity contribution in [2.75, 3.05) is 52.4 Å². The van der Waals surface area contributed by atoms with Crippen molar-refractivity contribution in [3.8, 4) is 0 Å². The highest BCUT2D eigenvalue weighted by molar-refractivity contribution is 4.82. The van der Waals surface area contributed by atoms with Gasteiger partial charge in [0.2, 0.25) is 0 Å². The van der Waals surface area contributed by atoms with Gasteiger partial charge in [-0.3, -0.25) is 19.6 Å². The van der Waals surface area contributed by atoms with Gasteiger partial charge in [-0.1, -0.05) is 0 Å². The summed E-state index contributed by atoms with van der Waals surface area (Å²) in [4.78, 5) is 10.5. The van der Waals surface area contributed by atoms with E-state index >= 15 is 0 Å². The van der Waals surface area contributed by atoms with Crippen molar-refractivity contribution in [2.45, 2.75) is 132 Å². The molecule has 0 bridgehead atoms. The molecule has 5 nitrogen and oxygen atoms in total. The van der Waals surface area contributed by atoms with Crippen LogP contribution >= 0.6 is 0 Å². The third-order valence-corrected chi connectivity index (χ3v) is 6.84. The molecule has 0 aliphatic carbocycles. The van der Waals surface area contributed by atoms with Crippen molar-refractivity contribution in [1.29, 1.82) is 0 Å². The van der Waals surface area contributed by atoms with E-state index in [4.69, 9.17) is 0 Å². The van der Waals surface area contributed by atoms with Gasteiger partial charge in [0.1, 0.15) is 0 Å². The zero-order valence-electron chi connectivity index (χ0n) is 25.3. The molecule has 0 aliphatic rings. The summed E-state index contributed by atoms with van der Waals surface area (Å²) in [6, 6.07) is 2.30. The van der Waals surface area contributed by atoms with Crippen LogP contribution in [0.1, 0.15) is 96.9 Å². The Morgan fingerprint density at radius 2 is 0.758 bits per heavy atom. The zero-order valence-corrected chi connectivity index (χ0v) is 25.3. The highest BCUT2D eigenvalue weighted by atomic mass is 15.3. The number of nitrogens with zero attached hydrogens (tertiary/aromatic N) is 4. The molecular formula is C28H63N5. The van der Waals surface area contributed by atoms with Crippen LogP contribution in [0.3, 0.4) is 0 Å². The maximum absolute atomic E-state index is 3.73. The Kier molecular flexibility index (Phi) is 14.9. The van der Waals surface area contributed by atoms with Crippen LogP contribution in [0.25, 0.3) is 0 Å². The van der Waals surface area contributed by atoms with Gasteiger partial charge in [0.15, 0.2) is 0 Å². The maximum Gasteiger partial charge on any atom is 0.0128 e. The first kappa shape index (κ1) is 32.8. The van der Waals surface area contributed by atoms with Crippen molar-refractivity contribution >= 4 is 0 Å². The van der Waals surface area contributed by atoms with Gasteiger partial charge in [0.25, 0.3) is 0 Å². The molecule has 0 unspecified atom stereocenters. The van der Waals surface area contributed by atoms with Gasteiger partial charge < -0.3 is 5.32 Å². The largest absolute Gasteiger partial charge is 0.314 e. The SMILES string of the molecule is CC(C)N(CCNCCN(CCN(C(C)C)C(C)(C)C)C(C)C)CCN(C(C)C)C(C)(C)C. The lowest BCUT2D eigenvalue weighted by Gasteiger charge is -2.41.